The van der Waals surface area contributed by atoms with Crippen LogP contribution in [-0.2, 0) is 5.54 Å². The maximum atomic E-state index is 12.1. The number of nitrogens with one attached hydrogen (secondary N) is 1. The van der Waals surface area contributed by atoms with Gasteiger partial charge in [0, 0.05) is 11.1 Å². The van der Waals surface area contributed by atoms with Crippen molar-refractivity contribution in [1.29, 1.82) is 0 Å². The molecule has 5 heteroatoms. The van der Waals surface area contributed by atoms with Gasteiger partial charge in [0.15, 0.2) is 6.61 Å². The Labute approximate surface area is 117 Å². The molecular weight excluding hydrogens is 267 g/mol. The van der Waals surface area contributed by atoms with Gasteiger partial charge in [0.05, 0.1) is 0 Å². The van der Waals surface area contributed by atoms with E-state index in [1.165, 1.54) is 0 Å². The van der Waals surface area contributed by atoms with Crippen molar-refractivity contribution in [3.05, 3.63) is 29.8 Å². The van der Waals surface area contributed by atoms with Crippen molar-refractivity contribution in [1.82, 2.24) is 5.32 Å². The fourth-order valence-corrected chi connectivity index (χ4v) is 2.74. The third kappa shape index (κ3) is 3.66. The van der Waals surface area contributed by atoms with E-state index in [0.29, 0.717) is 0 Å². The third-order valence-electron chi connectivity index (χ3n) is 3.76. The summed E-state index contributed by atoms with van der Waals surface area (Å²) in [5.74, 6) is 0.243. The van der Waals surface area contributed by atoms with Gasteiger partial charge in [-0.15, -0.1) is 0 Å². The van der Waals surface area contributed by atoms with Crippen molar-refractivity contribution in [3.63, 3.8) is 0 Å². The van der Waals surface area contributed by atoms with Crippen molar-refractivity contribution in [2.45, 2.75) is 50.9 Å². The molecule has 0 bridgehead atoms. The van der Waals surface area contributed by atoms with Gasteiger partial charge in [0.1, 0.15) is 5.75 Å². The summed E-state index contributed by atoms with van der Waals surface area (Å²) in [4.78, 5) is 0. The molecule has 0 aromatic heterocycles. The van der Waals surface area contributed by atoms with Crippen LogP contribution in [0.4, 0.5) is 13.2 Å². The molecular formula is C15H20F3NO. The highest BCUT2D eigenvalue weighted by Gasteiger charge is 2.39. The van der Waals surface area contributed by atoms with Crippen LogP contribution in [0.5, 0.6) is 5.75 Å². The molecule has 0 saturated carbocycles. The van der Waals surface area contributed by atoms with Crippen LogP contribution in [0, 0.1) is 0 Å². The Balaban J connectivity index is 2.05. The Bertz CT molecular complexity index is 467. The number of alkyl halides is 3. The fraction of sp³-hybridized carbons (Fsp3) is 0.600. The second-order valence-electron chi connectivity index (χ2n) is 6.27. The Hall–Kier alpha value is -1.23. The van der Waals surface area contributed by atoms with Gasteiger partial charge >= 0.3 is 6.18 Å². The predicted molar refractivity (Wildman–Crippen MR) is 71.8 cm³/mol. The summed E-state index contributed by atoms with van der Waals surface area (Å²) >= 11 is 0. The lowest BCUT2D eigenvalue weighted by molar-refractivity contribution is -0.153. The van der Waals surface area contributed by atoms with Gasteiger partial charge in [-0.3, -0.25) is 0 Å². The monoisotopic (exact) mass is 287 g/mol. The molecule has 2 nitrogen and oxygen atoms in total. The average Bonchev–Trinajstić information content (AvgIpc) is 2.62. The van der Waals surface area contributed by atoms with Crippen LogP contribution >= 0.6 is 0 Å². The number of ether oxygens (including phenoxy) is 1. The van der Waals surface area contributed by atoms with E-state index in [2.05, 4.69) is 26.1 Å². The maximum Gasteiger partial charge on any atom is 0.422 e. The first kappa shape index (κ1) is 15.2. The fourth-order valence-electron chi connectivity index (χ4n) is 2.74. The van der Waals surface area contributed by atoms with Gasteiger partial charge in [0.25, 0.3) is 0 Å². The second-order valence-corrected chi connectivity index (χ2v) is 6.27. The van der Waals surface area contributed by atoms with Crippen molar-refractivity contribution in [2.24, 2.45) is 0 Å². The van der Waals surface area contributed by atoms with Crippen LogP contribution < -0.4 is 10.1 Å². The number of hydrogen-bond acceptors (Lipinski definition) is 2. The predicted octanol–water partition coefficient (Wildman–Crippen LogP) is 4.00. The third-order valence-corrected chi connectivity index (χ3v) is 3.76. The standard InChI is InChI=1S/C15H20F3NO/c1-13(2)8-9-14(3,19-13)11-4-6-12(7-5-11)20-10-15(16,17)18/h4-7,19H,8-10H2,1-3H3. The lowest BCUT2D eigenvalue weighted by Crippen LogP contribution is -2.43. The smallest absolute Gasteiger partial charge is 0.422 e. The topological polar surface area (TPSA) is 21.3 Å². The minimum Gasteiger partial charge on any atom is -0.484 e. The van der Waals surface area contributed by atoms with Crippen LogP contribution in [0.1, 0.15) is 39.2 Å². The van der Waals surface area contributed by atoms with Gasteiger partial charge in [-0.25, -0.2) is 0 Å². The highest BCUT2D eigenvalue weighted by Crippen LogP contribution is 2.38. The molecule has 0 spiro atoms. The number of hydrogen-bond donors (Lipinski definition) is 1. The van der Waals surface area contributed by atoms with Gasteiger partial charge in [-0.2, -0.15) is 13.2 Å². The lowest BCUT2D eigenvalue weighted by Gasteiger charge is -2.29. The average molecular weight is 287 g/mol. The van der Waals surface area contributed by atoms with Gasteiger partial charge in [-0.05, 0) is 51.3 Å². The van der Waals surface area contributed by atoms with Gasteiger partial charge in [0.2, 0.25) is 0 Å². The van der Waals surface area contributed by atoms with E-state index in [-0.39, 0.29) is 16.8 Å². The highest BCUT2D eigenvalue weighted by molar-refractivity contribution is 5.33. The van der Waals surface area contributed by atoms with Crippen molar-refractivity contribution < 1.29 is 17.9 Å². The molecule has 2 rings (SSSR count). The Morgan fingerprint density at radius 1 is 1.10 bits per heavy atom. The first-order chi connectivity index (χ1) is 9.10. The molecule has 1 aromatic carbocycles. The van der Waals surface area contributed by atoms with Crippen LogP contribution in [-0.4, -0.2) is 18.3 Å². The molecule has 0 aliphatic carbocycles. The Morgan fingerprint density at radius 3 is 2.15 bits per heavy atom. The summed E-state index contributed by atoms with van der Waals surface area (Å²) in [6.45, 7) is 5.17. The van der Waals surface area contributed by atoms with Crippen molar-refractivity contribution >= 4 is 0 Å². The highest BCUT2D eigenvalue weighted by atomic mass is 19.4. The number of halogens is 3. The van der Waals surface area contributed by atoms with Crippen LogP contribution in [0.3, 0.4) is 0 Å². The normalized spacial score (nSPS) is 25.7. The van der Waals surface area contributed by atoms with Crippen LogP contribution in [0.2, 0.25) is 0 Å². The molecule has 20 heavy (non-hydrogen) atoms. The minimum atomic E-state index is -4.30. The zero-order valence-corrected chi connectivity index (χ0v) is 12.0. The molecule has 1 N–H and O–H groups in total. The van der Waals surface area contributed by atoms with E-state index in [4.69, 9.17) is 4.74 Å². The summed E-state index contributed by atoms with van der Waals surface area (Å²) in [6.07, 6.45) is -2.24. The van der Waals surface area contributed by atoms with E-state index in [1.807, 2.05) is 12.1 Å². The SMILES string of the molecule is CC1(C)CCC(C)(c2ccc(OCC(F)(F)F)cc2)N1. The Kier molecular flexibility index (Phi) is 3.75. The van der Waals surface area contributed by atoms with E-state index in [0.717, 1.165) is 18.4 Å². The molecule has 1 saturated heterocycles. The zero-order valence-electron chi connectivity index (χ0n) is 12.0. The van der Waals surface area contributed by atoms with Crippen molar-refractivity contribution in [3.8, 4) is 5.75 Å². The summed E-state index contributed by atoms with van der Waals surface area (Å²) < 4.78 is 40.9. The largest absolute Gasteiger partial charge is 0.484 e. The first-order valence-corrected chi connectivity index (χ1v) is 6.69. The number of benzene rings is 1. The van der Waals surface area contributed by atoms with Crippen LogP contribution in [0.25, 0.3) is 0 Å². The van der Waals surface area contributed by atoms with Gasteiger partial charge < -0.3 is 10.1 Å². The first-order valence-electron chi connectivity index (χ1n) is 6.69. The second kappa shape index (κ2) is 4.95. The molecule has 1 aliphatic heterocycles. The molecule has 1 aromatic rings. The van der Waals surface area contributed by atoms with Crippen LogP contribution in [0.15, 0.2) is 24.3 Å². The zero-order chi connectivity index (χ0) is 15.0. The molecule has 0 radical (unpaired) electrons. The van der Waals surface area contributed by atoms with E-state index >= 15 is 0 Å². The van der Waals surface area contributed by atoms with E-state index in [1.54, 1.807) is 12.1 Å². The van der Waals surface area contributed by atoms with E-state index < -0.39 is 12.8 Å². The maximum absolute atomic E-state index is 12.1. The number of rotatable bonds is 3. The summed E-state index contributed by atoms with van der Waals surface area (Å²) in [6, 6.07) is 6.86. The molecule has 1 heterocycles. The molecule has 1 atom stereocenters. The lowest BCUT2D eigenvalue weighted by atomic mass is 9.90. The van der Waals surface area contributed by atoms with E-state index in [9.17, 15) is 13.2 Å². The van der Waals surface area contributed by atoms with Gasteiger partial charge in [-0.1, -0.05) is 12.1 Å². The minimum absolute atomic E-state index is 0.0835. The molecule has 1 fully saturated rings. The molecule has 1 aliphatic rings. The summed E-state index contributed by atoms with van der Waals surface area (Å²) in [5, 5.41) is 3.58. The van der Waals surface area contributed by atoms with Crippen molar-refractivity contribution in [2.75, 3.05) is 6.61 Å². The molecule has 0 amide bonds. The Morgan fingerprint density at radius 2 is 1.70 bits per heavy atom. The summed E-state index contributed by atoms with van der Waals surface area (Å²) in [5.41, 5.74) is 1.02. The quantitative estimate of drug-likeness (QED) is 0.907. The summed E-state index contributed by atoms with van der Waals surface area (Å²) in [7, 11) is 0. The molecule has 112 valence electrons. The molecule has 1 unspecified atom stereocenters.